The van der Waals surface area contributed by atoms with E-state index in [-0.39, 0.29) is 28.9 Å². The lowest BCUT2D eigenvalue weighted by molar-refractivity contribution is -0.157. The summed E-state index contributed by atoms with van der Waals surface area (Å²) < 4.78 is 41.3. The van der Waals surface area contributed by atoms with Crippen molar-refractivity contribution in [1.82, 2.24) is 9.88 Å². The molecule has 5 atom stereocenters. The zero-order valence-electron chi connectivity index (χ0n) is 20.7. The number of halogens is 4. The number of alkyl halides is 2. The molecule has 1 saturated carbocycles. The highest BCUT2D eigenvalue weighted by Gasteiger charge is 2.78. The molecule has 1 saturated heterocycles. The predicted molar refractivity (Wildman–Crippen MR) is 141 cm³/mol. The minimum absolute atomic E-state index is 0.0350. The highest BCUT2D eigenvalue weighted by atomic mass is 79.9. The van der Waals surface area contributed by atoms with Gasteiger partial charge in [-0.2, -0.15) is 0 Å². The van der Waals surface area contributed by atoms with Crippen LogP contribution in [0.2, 0.25) is 5.15 Å². The van der Waals surface area contributed by atoms with E-state index in [0.29, 0.717) is 11.1 Å². The number of methoxy groups -OCH3 is 1. The van der Waals surface area contributed by atoms with Crippen molar-refractivity contribution in [3.8, 4) is 11.6 Å². The smallest absolute Gasteiger partial charge is 0.267 e. The molecule has 0 bridgehead atoms. The number of hydrogen-bond acceptors (Lipinski definition) is 6. The van der Waals surface area contributed by atoms with E-state index in [9.17, 15) is 23.8 Å². The van der Waals surface area contributed by atoms with Gasteiger partial charge >= 0.3 is 0 Å². The van der Waals surface area contributed by atoms with Crippen LogP contribution in [0.4, 0.5) is 8.78 Å². The number of rotatable bonds is 4. The molecule has 2 fully saturated rings. The Labute approximate surface area is 236 Å². The van der Waals surface area contributed by atoms with E-state index in [2.05, 4.69) is 20.9 Å². The molecule has 2 aromatic carbocycles. The summed E-state index contributed by atoms with van der Waals surface area (Å²) in [6.45, 7) is -0.934. The summed E-state index contributed by atoms with van der Waals surface area (Å²) >= 11 is 9.68. The average Bonchev–Trinajstić information content (AvgIpc) is 3.47. The van der Waals surface area contributed by atoms with E-state index in [0.717, 1.165) is 9.37 Å². The Morgan fingerprint density at radius 2 is 1.90 bits per heavy atom. The maximum Gasteiger partial charge on any atom is 0.267 e. The molecule has 3 aromatic rings. The third kappa shape index (κ3) is 3.72. The monoisotopic (exact) mass is 620 g/mol. The summed E-state index contributed by atoms with van der Waals surface area (Å²) in [6, 6.07) is 17.2. The number of likely N-dealkylation sites (tertiary alicyclic amines) is 1. The Kier molecular flexibility index (Phi) is 6.18. The van der Waals surface area contributed by atoms with Gasteiger partial charge in [0.1, 0.15) is 17.0 Å². The first-order chi connectivity index (χ1) is 18.5. The van der Waals surface area contributed by atoms with E-state index in [1.165, 1.54) is 13.2 Å². The van der Waals surface area contributed by atoms with Crippen molar-refractivity contribution >= 4 is 33.4 Å². The first kappa shape index (κ1) is 26.4. The first-order valence-corrected chi connectivity index (χ1v) is 13.5. The van der Waals surface area contributed by atoms with Gasteiger partial charge in [0.25, 0.3) is 5.92 Å². The summed E-state index contributed by atoms with van der Waals surface area (Å²) in [5.74, 6) is -6.02. The molecule has 1 aromatic heterocycles. The van der Waals surface area contributed by atoms with Crippen LogP contribution in [0.3, 0.4) is 0 Å². The van der Waals surface area contributed by atoms with E-state index in [1.54, 1.807) is 54.6 Å². The van der Waals surface area contributed by atoms with Crippen LogP contribution in [0.15, 0.2) is 65.1 Å². The lowest BCUT2D eigenvalue weighted by atomic mass is 9.70. The molecule has 1 aliphatic carbocycles. The lowest BCUT2D eigenvalue weighted by Crippen LogP contribution is -2.52. The largest absolute Gasteiger partial charge is 0.481 e. The van der Waals surface area contributed by atoms with Crippen molar-refractivity contribution in [1.29, 1.82) is 0 Å². The standard InChI is InChI=1S/C28H24BrClF2N2O5/c1-38-24-22-18(13-19(30)33-24)39-28(16-7-9-17(29)10-8-16)21(15-5-3-2-4-6-15)20(23(35)27(22,28)37)25(36)34-12-11-26(31,32)14-34/h2-10,13,20-21,23,35,37H,11-12,14H2,1H3/t20-,21-,23-,27+,28+/m1/s1. The van der Waals surface area contributed by atoms with Crippen molar-refractivity contribution in [3.05, 3.63) is 87.0 Å². The second-order valence-electron chi connectivity index (χ2n) is 10.2. The number of fused-ring (bicyclic) bond motifs is 3. The topological polar surface area (TPSA) is 92.1 Å². The van der Waals surface area contributed by atoms with Crippen molar-refractivity contribution in [2.75, 3.05) is 20.2 Å². The Morgan fingerprint density at radius 3 is 2.51 bits per heavy atom. The van der Waals surface area contributed by atoms with Gasteiger partial charge in [-0.05, 0) is 23.3 Å². The number of aliphatic hydroxyl groups is 2. The molecule has 0 spiro atoms. The minimum Gasteiger partial charge on any atom is -0.481 e. The van der Waals surface area contributed by atoms with E-state index < -0.39 is 53.9 Å². The van der Waals surface area contributed by atoms with Crippen molar-refractivity contribution < 1.29 is 33.3 Å². The lowest BCUT2D eigenvalue weighted by Gasteiger charge is -2.40. The van der Waals surface area contributed by atoms with Gasteiger partial charge in [0, 0.05) is 29.4 Å². The van der Waals surface area contributed by atoms with Crippen LogP contribution in [0.1, 0.15) is 29.0 Å². The maximum absolute atomic E-state index is 14.2. The molecule has 7 nitrogen and oxygen atoms in total. The van der Waals surface area contributed by atoms with Gasteiger partial charge in [-0.15, -0.1) is 0 Å². The van der Waals surface area contributed by atoms with Crippen LogP contribution in [0, 0.1) is 5.92 Å². The molecular weight excluding hydrogens is 598 g/mol. The van der Waals surface area contributed by atoms with Gasteiger partial charge in [0.2, 0.25) is 11.8 Å². The number of aliphatic hydroxyl groups excluding tert-OH is 1. The van der Waals surface area contributed by atoms with Crippen molar-refractivity contribution in [2.45, 2.75) is 35.6 Å². The van der Waals surface area contributed by atoms with Crippen molar-refractivity contribution in [3.63, 3.8) is 0 Å². The summed E-state index contributed by atoms with van der Waals surface area (Å²) in [5.41, 5.74) is -2.99. The zero-order chi connectivity index (χ0) is 27.7. The average molecular weight is 622 g/mol. The van der Waals surface area contributed by atoms with Gasteiger partial charge in [-0.3, -0.25) is 4.79 Å². The number of pyridine rings is 1. The summed E-state index contributed by atoms with van der Waals surface area (Å²) in [4.78, 5) is 19.3. The number of aromatic nitrogens is 1. The molecule has 2 N–H and O–H groups in total. The molecule has 6 rings (SSSR count). The number of benzene rings is 2. The number of ether oxygens (including phenoxy) is 2. The molecule has 3 heterocycles. The van der Waals surface area contributed by atoms with Crippen molar-refractivity contribution in [2.24, 2.45) is 5.92 Å². The first-order valence-electron chi connectivity index (χ1n) is 12.4. The Balaban J connectivity index is 1.65. The third-order valence-electron chi connectivity index (χ3n) is 8.09. The van der Waals surface area contributed by atoms with Gasteiger partial charge < -0.3 is 24.6 Å². The van der Waals surface area contributed by atoms with Crippen LogP contribution in [0.25, 0.3) is 0 Å². The fourth-order valence-corrected chi connectivity index (χ4v) is 6.96. The van der Waals surface area contributed by atoms with Crippen LogP contribution in [-0.2, 0) is 16.0 Å². The van der Waals surface area contributed by atoms with E-state index in [1.807, 2.05) is 0 Å². The Morgan fingerprint density at radius 1 is 1.21 bits per heavy atom. The number of hydrogen-bond donors (Lipinski definition) is 2. The van der Waals surface area contributed by atoms with Crippen LogP contribution >= 0.6 is 27.5 Å². The maximum atomic E-state index is 14.2. The summed E-state index contributed by atoms with van der Waals surface area (Å²) in [7, 11) is 1.34. The highest BCUT2D eigenvalue weighted by molar-refractivity contribution is 9.10. The Hall–Kier alpha value is -2.79. The van der Waals surface area contributed by atoms with Gasteiger partial charge in [-0.25, -0.2) is 13.8 Å². The number of nitrogens with zero attached hydrogens (tertiary/aromatic N) is 2. The number of amides is 1. The van der Waals surface area contributed by atoms with Gasteiger partial charge in [-0.1, -0.05) is 70.0 Å². The molecule has 0 radical (unpaired) electrons. The normalized spacial score (nSPS) is 30.5. The Bertz CT molecular complexity index is 1450. The molecule has 0 unspecified atom stereocenters. The van der Waals surface area contributed by atoms with Crippen LogP contribution < -0.4 is 9.47 Å². The second-order valence-corrected chi connectivity index (χ2v) is 11.5. The molecule has 11 heteroatoms. The van der Waals surface area contributed by atoms with Gasteiger partial charge in [0.15, 0.2) is 11.2 Å². The molecular formula is C28H24BrClF2N2O5. The predicted octanol–water partition coefficient (Wildman–Crippen LogP) is 4.62. The van der Waals surface area contributed by atoms with Crippen LogP contribution in [-0.4, -0.2) is 58.2 Å². The molecule has 2 aliphatic heterocycles. The number of carbonyl (C=O) groups excluding carboxylic acids is 1. The SMILES string of the molecule is COc1nc(Cl)cc2c1[C@]1(O)[C@H](O)[C@H](C(=O)N3CCC(F)(F)C3)[C@@H](c3ccccc3)[C@]1(c1ccc(Br)cc1)O2. The minimum atomic E-state index is -3.04. The quantitative estimate of drug-likeness (QED) is 0.413. The molecule has 1 amide bonds. The van der Waals surface area contributed by atoms with Crippen LogP contribution in [0.5, 0.6) is 11.6 Å². The van der Waals surface area contributed by atoms with E-state index in [4.69, 9.17) is 21.1 Å². The summed E-state index contributed by atoms with van der Waals surface area (Å²) in [6.07, 6.45) is -2.26. The molecule has 39 heavy (non-hydrogen) atoms. The second kappa shape index (κ2) is 9.12. The highest BCUT2D eigenvalue weighted by Crippen LogP contribution is 2.70. The molecule has 204 valence electrons. The van der Waals surface area contributed by atoms with E-state index >= 15 is 0 Å². The fourth-order valence-electron chi connectivity index (χ4n) is 6.52. The van der Waals surface area contributed by atoms with Gasteiger partial charge in [0.05, 0.1) is 25.1 Å². The zero-order valence-corrected chi connectivity index (χ0v) is 23.0. The molecule has 3 aliphatic rings. The fraction of sp³-hybridized carbons (Fsp3) is 0.357. The summed E-state index contributed by atoms with van der Waals surface area (Å²) in [5, 5.41) is 24.8. The number of carbonyl (C=O) groups is 1. The third-order valence-corrected chi connectivity index (χ3v) is 8.82.